The maximum atomic E-state index is 13.8. The van der Waals surface area contributed by atoms with Crippen molar-refractivity contribution in [3.8, 4) is 0 Å². The molecule has 0 bridgehead atoms. The number of nitrogens with zero attached hydrogens (tertiary/aromatic N) is 2. The number of fused-ring (bicyclic) bond motifs is 1. The molecule has 1 saturated carbocycles. The summed E-state index contributed by atoms with van der Waals surface area (Å²) in [5.41, 5.74) is 1.14. The van der Waals surface area contributed by atoms with Crippen LogP contribution in [0.15, 0.2) is 34.9 Å². The zero-order chi connectivity index (χ0) is 21.1. The van der Waals surface area contributed by atoms with Crippen molar-refractivity contribution < 1.29 is 14.5 Å². The molecular weight excluding hydrogens is 442 g/mol. The fourth-order valence-corrected chi connectivity index (χ4v) is 5.58. The molecular formula is C24H33BrN3O2+. The van der Waals surface area contributed by atoms with Crippen molar-refractivity contribution in [2.24, 2.45) is 0 Å². The van der Waals surface area contributed by atoms with Crippen LogP contribution >= 0.6 is 15.9 Å². The number of benzene rings is 1. The second kappa shape index (κ2) is 9.23. The van der Waals surface area contributed by atoms with Gasteiger partial charge in [-0.3, -0.25) is 4.79 Å². The van der Waals surface area contributed by atoms with Crippen molar-refractivity contribution in [2.75, 3.05) is 6.54 Å². The molecule has 2 N–H and O–H groups in total. The molecule has 4 rings (SSSR count). The third kappa shape index (κ3) is 4.50. The highest BCUT2D eigenvalue weighted by atomic mass is 79.9. The maximum Gasteiger partial charge on any atom is 0.347 e. The smallest absolute Gasteiger partial charge is 0.347 e. The van der Waals surface area contributed by atoms with Crippen LogP contribution in [-0.2, 0) is 18.6 Å². The normalized spacial score (nSPS) is 19.2. The number of amides is 1. The summed E-state index contributed by atoms with van der Waals surface area (Å²) < 4.78 is 3.10. The monoisotopic (exact) mass is 474 g/mol. The lowest BCUT2D eigenvalue weighted by atomic mass is 9.90. The van der Waals surface area contributed by atoms with Gasteiger partial charge in [0.2, 0.25) is 4.60 Å². The van der Waals surface area contributed by atoms with Crippen molar-refractivity contribution in [3.05, 3.63) is 52.0 Å². The highest BCUT2D eigenvalue weighted by molar-refractivity contribution is 9.10. The van der Waals surface area contributed by atoms with Crippen LogP contribution in [0.3, 0.4) is 0 Å². The van der Waals surface area contributed by atoms with Crippen LogP contribution in [-0.4, -0.2) is 33.5 Å². The molecule has 2 heterocycles. The van der Waals surface area contributed by atoms with Gasteiger partial charge in [-0.1, -0.05) is 49.6 Å². The molecule has 1 aromatic heterocycles. The van der Waals surface area contributed by atoms with Gasteiger partial charge in [0.05, 0.1) is 12.1 Å². The van der Waals surface area contributed by atoms with Crippen molar-refractivity contribution in [1.82, 2.24) is 9.88 Å². The Hall–Kier alpha value is -1.66. The second-order valence-corrected chi connectivity index (χ2v) is 9.82. The number of H-pyrrole nitrogens is 1. The molecule has 30 heavy (non-hydrogen) atoms. The van der Waals surface area contributed by atoms with Crippen molar-refractivity contribution in [2.45, 2.75) is 82.9 Å². The molecule has 0 saturated heterocycles. The first-order chi connectivity index (χ1) is 14.5. The molecule has 0 unspecified atom stereocenters. The topological polar surface area (TPSA) is 60.2 Å². The van der Waals surface area contributed by atoms with Gasteiger partial charge in [-0.15, -0.1) is 0 Å². The molecule has 5 nitrogen and oxygen atoms in total. The summed E-state index contributed by atoms with van der Waals surface area (Å²) in [6.07, 6.45) is 9.47. The van der Waals surface area contributed by atoms with Crippen molar-refractivity contribution in [3.63, 3.8) is 0 Å². The van der Waals surface area contributed by atoms with E-state index >= 15 is 0 Å². The number of imidazole rings is 1. The standard InChI is InChI=1S/C24H32BrN3O2/c1-24(30,18-10-4-2-5-11-18)15-17-27(19-12-6-3-7-13-19)23(29)22-26-21(25)20-14-8-9-16-28(20)22/h2,4-5,10-11,19,30H,3,6-9,12-17H2,1H3/p+1/t24-/m0/s1. The number of hydrogen-bond donors (Lipinski definition) is 2. The summed E-state index contributed by atoms with van der Waals surface area (Å²) >= 11 is 3.63. The zero-order valence-corrected chi connectivity index (χ0v) is 19.5. The third-order valence-corrected chi connectivity index (χ3v) is 7.49. The first kappa shape index (κ1) is 21.6. The largest absolute Gasteiger partial charge is 0.385 e. The highest BCUT2D eigenvalue weighted by Gasteiger charge is 2.37. The molecule has 1 amide bonds. The predicted octanol–water partition coefficient (Wildman–Crippen LogP) is 4.47. The molecule has 1 aliphatic carbocycles. The quantitative estimate of drug-likeness (QED) is 0.606. The number of nitrogens with one attached hydrogen (secondary N) is 1. The lowest BCUT2D eigenvalue weighted by molar-refractivity contribution is -0.710. The van der Waals surface area contributed by atoms with E-state index in [4.69, 9.17) is 0 Å². The Labute approximate surface area is 187 Å². The van der Waals surface area contributed by atoms with Gasteiger partial charge in [0.25, 0.3) is 0 Å². The molecule has 1 aliphatic heterocycles. The predicted molar refractivity (Wildman–Crippen MR) is 120 cm³/mol. The lowest BCUT2D eigenvalue weighted by Gasteiger charge is -2.35. The number of aromatic amines is 1. The van der Waals surface area contributed by atoms with E-state index in [0.29, 0.717) is 18.8 Å². The van der Waals surface area contributed by atoms with Gasteiger partial charge in [0.1, 0.15) is 0 Å². The van der Waals surface area contributed by atoms with Crippen LogP contribution in [0.5, 0.6) is 0 Å². The van der Waals surface area contributed by atoms with Gasteiger partial charge < -0.3 is 10.0 Å². The van der Waals surface area contributed by atoms with E-state index in [2.05, 4.69) is 25.5 Å². The van der Waals surface area contributed by atoms with Crippen LogP contribution in [0.2, 0.25) is 0 Å². The summed E-state index contributed by atoms with van der Waals surface area (Å²) in [5, 5.41) is 11.1. The maximum absolute atomic E-state index is 13.8. The highest BCUT2D eigenvalue weighted by Crippen LogP contribution is 2.29. The summed E-state index contributed by atoms with van der Waals surface area (Å²) in [4.78, 5) is 19.1. The lowest BCUT2D eigenvalue weighted by Crippen LogP contribution is -2.51. The first-order valence-electron chi connectivity index (χ1n) is 11.4. The molecule has 2 aromatic rings. The molecule has 2 aliphatic rings. The van der Waals surface area contributed by atoms with E-state index in [-0.39, 0.29) is 11.9 Å². The Kier molecular flexibility index (Phi) is 6.63. The molecule has 1 atom stereocenters. The Morgan fingerprint density at radius 3 is 2.67 bits per heavy atom. The minimum atomic E-state index is -0.961. The fraction of sp³-hybridized carbons (Fsp3) is 0.583. The number of aliphatic hydroxyl groups is 1. The Balaban J connectivity index is 1.58. The van der Waals surface area contributed by atoms with E-state index in [9.17, 15) is 9.90 Å². The Morgan fingerprint density at radius 1 is 1.20 bits per heavy atom. The van der Waals surface area contributed by atoms with E-state index in [0.717, 1.165) is 48.8 Å². The summed E-state index contributed by atoms with van der Waals surface area (Å²) in [6.45, 7) is 3.30. The number of carbonyl (C=O) groups excluding carboxylic acids is 1. The van der Waals surface area contributed by atoms with Crippen molar-refractivity contribution in [1.29, 1.82) is 0 Å². The number of hydrogen-bond acceptors (Lipinski definition) is 2. The molecule has 6 heteroatoms. The van der Waals surface area contributed by atoms with Crippen molar-refractivity contribution >= 4 is 21.8 Å². The minimum absolute atomic E-state index is 0.0691. The molecule has 1 aromatic carbocycles. The number of aromatic nitrogens is 2. The zero-order valence-electron chi connectivity index (χ0n) is 17.9. The second-order valence-electron chi connectivity index (χ2n) is 9.02. The summed E-state index contributed by atoms with van der Waals surface area (Å²) in [6, 6.07) is 10.0. The average Bonchev–Trinajstić information content (AvgIpc) is 3.12. The third-order valence-electron chi connectivity index (χ3n) is 6.84. The minimum Gasteiger partial charge on any atom is -0.385 e. The Bertz CT molecular complexity index is 872. The Morgan fingerprint density at radius 2 is 1.93 bits per heavy atom. The summed E-state index contributed by atoms with van der Waals surface area (Å²) in [7, 11) is 0. The molecule has 0 spiro atoms. The van der Waals surface area contributed by atoms with E-state index in [1.807, 2.05) is 42.2 Å². The van der Waals surface area contributed by atoms with Gasteiger partial charge in [0, 0.05) is 34.9 Å². The summed E-state index contributed by atoms with van der Waals surface area (Å²) in [5.74, 6) is 0.751. The van der Waals surface area contributed by atoms with Crippen LogP contribution in [0.25, 0.3) is 0 Å². The van der Waals surface area contributed by atoms with Crippen LogP contribution in [0.1, 0.15) is 80.2 Å². The molecule has 0 radical (unpaired) electrons. The SMILES string of the molecule is C[C@](O)(CCN(C(=O)c1[nH]c(Br)c2[n+]1CCCC2)C1CCCCC1)c1ccccc1. The molecule has 162 valence electrons. The van der Waals surface area contributed by atoms with Gasteiger partial charge in [0.15, 0.2) is 5.69 Å². The number of rotatable bonds is 6. The van der Waals surface area contributed by atoms with Crippen LogP contribution in [0, 0.1) is 0 Å². The van der Waals surface area contributed by atoms with Crippen LogP contribution < -0.4 is 4.57 Å². The molecule has 1 fully saturated rings. The fourth-order valence-electron chi connectivity index (χ4n) is 4.98. The number of halogens is 1. The van der Waals surface area contributed by atoms with Gasteiger partial charge in [-0.05, 0) is 44.6 Å². The van der Waals surface area contributed by atoms with E-state index in [1.165, 1.54) is 25.0 Å². The first-order valence-corrected chi connectivity index (χ1v) is 12.2. The van der Waals surface area contributed by atoms with E-state index in [1.54, 1.807) is 0 Å². The van der Waals surface area contributed by atoms with E-state index < -0.39 is 5.60 Å². The number of carbonyl (C=O) groups is 1. The van der Waals surface area contributed by atoms with Gasteiger partial charge in [-0.2, -0.15) is 0 Å². The average molecular weight is 475 g/mol. The van der Waals surface area contributed by atoms with Gasteiger partial charge >= 0.3 is 11.7 Å². The van der Waals surface area contributed by atoms with Gasteiger partial charge in [-0.25, -0.2) is 9.55 Å². The van der Waals surface area contributed by atoms with Crippen LogP contribution in [0.4, 0.5) is 0 Å².